The number of ether oxygens (including phenoxy) is 2. The summed E-state index contributed by atoms with van der Waals surface area (Å²) in [7, 11) is 0. The van der Waals surface area contributed by atoms with Crippen LogP contribution in [0.15, 0.2) is 24.3 Å². The fourth-order valence-electron chi connectivity index (χ4n) is 1.27. The van der Waals surface area contributed by atoms with E-state index in [1.807, 2.05) is 19.1 Å². The molecule has 0 N–H and O–H groups in total. The molecule has 4 heteroatoms. The normalized spacial score (nSPS) is 11.7. The lowest BCUT2D eigenvalue weighted by atomic mass is 10.2. The average molecular weight is 236 g/mol. The summed E-state index contributed by atoms with van der Waals surface area (Å²) in [5, 5.41) is 0. The Morgan fingerprint density at radius 2 is 1.82 bits per heavy atom. The summed E-state index contributed by atoms with van der Waals surface area (Å²) in [5.41, 5.74) is 1.08. The number of hydrogen-bond acceptors (Lipinski definition) is 4. The second-order valence-electron chi connectivity index (χ2n) is 3.67. The quantitative estimate of drug-likeness (QED) is 0.578. The summed E-state index contributed by atoms with van der Waals surface area (Å²) in [6.45, 7) is 5.15. The maximum Gasteiger partial charge on any atom is 0.355 e. The molecule has 4 nitrogen and oxygen atoms in total. The minimum Gasteiger partial charge on any atom is -0.471 e. The summed E-state index contributed by atoms with van der Waals surface area (Å²) < 4.78 is 10.1. The van der Waals surface area contributed by atoms with E-state index in [-0.39, 0.29) is 12.4 Å². The van der Waals surface area contributed by atoms with E-state index in [2.05, 4.69) is 0 Å². The second kappa shape index (κ2) is 6.03. The maximum absolute atomic E-state index is 11.5. The molecule has 1 atom stereocenters. The molecule has 1 unspecified atom stereocenters. The van der Waals surface area contributed by atoms with E-state index in [1.165, 1.54) is 6.92 Å². The predicted molar refractivity (Wildman–Crippen MR) is 62.9 cm³/mol. The Kier molecular flexibility index (Phi) is 4.69. The molecule has 0 aromatic heterocycles. The largest absolute Gasteiger partial charge is 0.471 e. The van der Waals surface area contributed by atoms with Crippen LogP contribution in [0.3, 0.4) is 0 Å². The van der Waals surface area contributed by atoms with Crippen molar-refractivity contribution in [2.24, 2.45) is 0 Å². The number of rotatable bonds is 5. The van der Waals surface area contributed by atoms with Gasteiger partial charge in [-0.1, -0.05) is 17.7 Å². The van der Waals surface area contributed by atoms with Crippen LogP contribution in [-0.4, -0.2) is 24.5 Å². The highest BCUT2D eigenvalue weighted by Gasteiger charge is 2.26. The van der Waals surface area contributed by atoms with Crippen LogP contribution in [-0.2, 0) is 14.3 Å². The highest BCUT2D eigenvalue weighted by atomic mass is 16.6. The fraction of sp³-hybridized carbons (Fsp3) is 0.385. The fourth-order valence-corrected chi connectivity index (χ4v) is 1.27. The Morgan fingerprint density at radius 3 is 2.29 bits per heavy atom. The van der Waals surface area contributed by atoms with Crippen LogP contribution < -0.4 is 4.74 Å². The molecule has 17 heavy (non-hydrogen) atoms. The van der Waals surface area contributed by atoms with Crippen molar-refractivity contribution in [3.63, 3.8) is 0 Å². The molecule has 0 spiro atoms. The van der Waals surface area contributed by atoms with Crippen LogP contribution in [0.4, 0.5) is 0 Å². The van der Waals surface area contributed by atoms with E-state index in [4.69, 9.17) is 9.47 Å². The number of Topliss-reactive ketones (excluding diaryl/α,β-unsaturated/α-hetero) is 1. The highest BCUT2D eigenvalue weighted by molar-refractivity contribution is 6.01. The molecule has 0 bridgehead atoms. The molecule has 1 aromatic carbocycles. The Labute approximate surface area is 101 Å². The number of aryl methyl sites for hydroxylation is 1. The van der Waals surface area contributed by atoms with Gasteiger partial charge in [0.2, 0.25) is 0 Å². The Morgan fingerprint density at radius 1 is 1.24 bits per heavy atom. The number of ketones is 1. The summed E-state index contributed by atoms with van der Waals surface area (Å²) in [6, 6.07) is 7.12. The molecule has 0 fully saturated rings. The standard InChI is InChI=1S/C13H16O4/c1-4-16-13(15)12(10(3)14)17-11-7-5-9(2)6-8-11/h5-8,12H,4H2,1-3H3. The number of esters is 1. The maximum atomic E-state index is 11.5. The first-order chi connectivity index (χ1) is 8.04. The van der Waals surface area contributed by atoms with Gasteiger partial charge in [0.1, 0.15) is 5.75 Å². The SMILES string of the molecule is CCOC(=O)C(Oc1ccc(C)cc1)C(C)=O. The van der Waals surface area contributed by atoms with E-state index < -0.39 is 12.1 Å². The van der Waals surface area contributed by atoms with Crippen LogP contribution in [0, 0.1) is 6.92 Å². The van der Waals surface area contributed by atoms with Gasteiger partial charge < -0.3 is 9.47 Å². The molecule has 1 aromatic rings. The Hall–Kier alpha value is -1.84. The van der Waals surface area contributed by atoms with Crippen molar-refractivity contribution in [1.82, 2.24) is 0 Å². The lowest BCUT2D eigenvalue weighted by Crippen LogP contribution is -2.35. The van der Waals surface area contributed by atoms with Crippen LogP contribution in [0.2, 0.25) is 0 Å². The number of carbonyl (C=O) groups is 2. The van der Waals surface area contributed by atoms with E-state index in [9.17, 15) is 9.59 Å². The van der Waals surface area contributed by atoms with Gasteiger partial charge in [0.05, 0.1) is 6.61 Å². The zero-order valence-electron chi connectivity index (χ0n) is 10.2. The first-order valence-corrected chi connectivity index (χ1v) is 5.45. The minimum atomic E-state index is -1.18. The lowest BCUT2D eigenvalue weighted by molar-refractivity contribution is -0.154. The zero-order chi connectivity index (χ0) is 12.8. The number of hydrogen-bond donors (Lipinski definition) is 0. The molecule has 0 amide bonds. The summed E-state index contributed by atoms with van der Waals surface area (Å²) in [5.74, 6) is -0.548. The van der Waals surface area contributed by atoms with Gasteiger partial charge in [-0.05, 0) is 32.9 Å². The van der Waals surface area contributed by atoms with Crippen molar-refractivity contribution >= 4 is 11.8 Å². The van der Waals surface area contributed by atoms with Gasteiger partial charge in [0, 0.05) is 0 Å². The van der Waals surface area contributed by atoms with Gasteiger partial charge in [0.15, 0.2) is 5.78 Å². The Balaban J connectivity index is 2.76. The number of benzene rings is 1. The molecule has 92 valence electrons. The van der Waals surface area contributed by atoms with E-state index >= 15 is 0 Å². The van der Waals surface area contributed by atoms with Crippen molar-refractivity contribution in [3.8, 4) is 5.75 Å². The molecule has 0 heterocycles. The van der Waals surface area contributed by atoms with E-state index in [0.717, 1.165) is 5.56 Å². The topological polar surface area (TPSA) is 52.6 Å². The third kappa shape index (κ3) is 3.90. The predicted octanol–water partition coefficient (Wildman–Crippen LogP) is 1.89. The van der Waals surface area contributed by atoms with Crippen molar-refractivity contribution in [2.45, 2.75) is 26.9 Å². The third-order valence-corrected chi connectivity index (χ3v) is 2.14. The van der Waals surface area contributed by atoms with Gasteiger partial charge in [-0.2, -0.15) is 0 Å². The lowest BCUT2D eigenvalue weighted by Gasteiger charge is -2.14. The molecule has 0 radical (unpaired) electrons. The highest BCUT2D eigenvalue weighted by Crippen LogP contribution is 2.14. The molecule has 1 rings (SSSR count). The van der Waals surface area contributed by atoms with Crippen LogP contribution >= 0.6 is 0 Å². The first kappa shape index (κ1) is 13.2. The average Bonchev–Trinajstić information content (AvgIpc) is 2.28. The summed E-state index contributed by atoms with van der Waals surface area (Å²) in [4.78, 5) is 22.8. The van der Waals surface area contributed by atoms with Crippen molar-refractivity contribution < 1.29 is 19.1 Å². The van der Waals surface area contributed by atoms with E-state index in [1.54, 1.807) is 19.1 Å². The molecule has 0 aliphatic carbocycles. The monoisotopic (exact) mass is 236 g/mol. The second-order valence-corrected chi connectivity index (χ2v) is 3.67. The van der Waals surface area contributed by atoms with Crippen molar-refractivity contribution in [2.75, 3.05) is 6.61 Å². The van der Waals surface area contributed by atoms with Crippen molar-refractivity contribution in [3.05, 3.63) is 29.8 Å². The van der Waals surface area contributed by atoms with Crippen LogP contribution in [0.1, 0.15) is 19.4 Å². The molecular weight excluding hydrogens is 220 g/mol. The molecule has 0 saturated heterocycles. The van der Waals surface area contributed by atoms with Gasteiger partial charge in [0.25, 0.3) is 6.10 Å². The van der Waals surface area contributed by atoms with Crippen LogP contribution in [0.25, 0.3) is 0 Å². The first-order valence-electron chi connectivity index (χ1n) is 5.45. The molecular formula is C13H16O4. The third-order valence-electron chi connectivity index (χ3n) is 2.14. The zero-order valence-corrected chi connectivity index (χ0v) is 10.2. The van der Waals surface area contributed by atoms with Gasteiger partial charge >= 0.3 is 5.97 Å². The number of carbonyl (C=O) groups excluding carboxylic acids is 2. The summed E-state index contributed by atoms with van der Waals surface area (Å²) in [6.07, 6.45) is -1.18. The van der Waals surface area contributed by atoms with Crippen LogP contribution in [0.5, 0.6) is 5.75 Å². The molecule has 0 aliphatic rings. The molecule has 0 saturated carbocycles. The van der Waals surface area contributed by atoms with E-state index in [0.29, 0.717) is 5.75 Å². The van der Waals surface area contributed by atoms with Crippen molar-refractivity contribution in [1.29, 1.82) is 0 Å². The Bertz CT molecular complexity index is 394. The minimum absolute atomic E-state index is 0.222. The smallest absolute Gasteiger partial charge is 0.355 e. The van der Waals surface area contributed by atoms with Gasteiger partial charge in [-0.25, -0.2) is 4.79 Å². The van der Waals surface area contributed by atoms with Gasteiger partial charge in [-0.15, -0.1) is 0 Å². The summed E-state index contributed by atoms with van der Waals surface area (Å²) >= 11 is 0. The molecule has 0 aliphatic heterocycles. The van der Waals surface area contributed by atoms with Gasteiger partial charge in [-0.3, -0.25) is 4.79 Å².